The molecule has 0 unspecified atom stereocenters. The summed E-state index contributed by atoms with van der Waals surface area (Å²) >= 11 is 0. The van der Waals surface area contributed by atoms with Gasteiger partial charge in [-0.3, -0.25) is 0 Å². The molecule has 0 amide bonds. The second-order valence-electron chi connectivity index (χ2n) is 19.2. The average molecular weight is 853 g/mol. The summed E-state index contributed by atoms with van der Waals surface area (Å²) in [4.78, 5) is 15.7. The molecule has 0 spiro atoms. The Labute approximate surface area is 385 Å². The van der Waals surface area contributed by atoms with Gasteiger partial charge in [0.1, 0.15) is 0 Å². The van der Waals surface area contributed by atoms with Crippen molar-refractivity contribution in [3.05, 3.63) is 199 Å². The highest BCUT2D eigenvalue weighted by molar-refractivity contribution is 6.12. The first-order valence-electron chi connectivity index (χ1n) is 22.6. The third-order valence-corrected chi connectivity index (χ3v) is 13.0. The molecule has 0 aliphatic rings. The van der Waals surface area contributed by atoms with Crippen LogP contribution in [0.15, 0.2) is 182 Å². The van der Waals surface area contributed by atoms with E-state index in [4.69, 9.17) is 15.0 Å². The van der Waals surface area contributed by atoms with Crippen LogP contribution >= 0.6 is 0 Å². The number of rotatable bonds is 6. The first-order valence-corrected chi connectivity index (χ1v) is 22.6. The summed E-state index contributed by atoms with van der Waals surface area (Å²) in [5.41, 5.74) is 13.2. The minimum absolute atomic E-state index is 0.0468. The van der Waals surface area contributed by atoms with E-state index in [1.807, 2.05) is 72.8 Å². The maximum Gasteiger partial charge on any atom is 0.164 e. The normalized spacial score (nSPS) is 12.1. The van der Waals surface area contributed by atoms with Crippen LogP contribution in [0.3, 0.4) is 0 Å². The van der Waals surface area contributed by atoms with Crippen LogP contribution in [0.2, 0.25) is 0 Å². The summed E-state index contributed by atoms with van der Waals surface area (Å²) in [7, 11) is 0. The van der Waals surface area contributed by atoms with E-state index in [1.54, 1.807) is 0 Å². The van der Waals surface area contributed by atoms with Gasteiger partial charge in [-0.1, -0.05) is 169 Å². The molecule has 0 saturated heterocycles. The molecule has 6 heteroatoms. The number of hydrogen-bond donors (Lipinski definition) is 0. The highest BCUT2D eigenvalue weighted by Crippen LogP contribution is 2.46. The number of benzene rings is 8. The molecule has 3 aromatic heterocycles. The first-order chi connectivity index (χ1) is 32.0. The average Bonchev–Trinajstić information content (AvgIpc) is 3.85. The molecular formula is C60H48N6. The Kier molecular flexibility index (Phi) is 9.56. The van der Waals surface area contributed by atoms with E-state index in [2.05, 4.69) is 166 Å². The molecular weight excluding hydrogens is 805 g/mol. The fourth-order valence-corrected chi connectivity index (χ4v) is 9.58. The molecule has 0 aliphatic heterocycles. The summed E-state index contributed by atoms with van der Waals surface area (Å²) in [6, 6.07) is 66.2. The van der Waals surface area contributed by atoms with Crippen LogP contribution in [0.5, 0.6) is 0 Å². The molecule has 0 radical (unpaired) electrons. The first kappa shape index (κ1) is 40.6. The molecule has 0 bridgehead atoms. The van der Waals surface area contributed by atoms with Crippen LogP contribution in [0, 0.1) is 11.3 Å². The van der Waals surface area contributed by atoms with Crippen molar-refractivity contribution in [3.8, 4) is 62.7 Å². The predicted molar refractivity (Wildman–Crippen MR) is 272 cm³/mol. The van der Waals surface area contributed by atoms with Gasteiger partial charge in [-0.05, 0) is 76.6 Å². The van der Waals surface area contributed by atoms with Crippen LogP contribution < -0.4 is 0 Å². The maximum absolute atomic E-state index is 11.4. The molecule has 11 aromatic rings. The van der Waals surface area contributed by atoms with Gasteiger partial charge in [-0.2, -0.15) is 5.26 Å². The summed E-state index contributed by atoms with van der Waals surface area (Å²) in [6.45, 7) is 13.5. The van der Waals surface area contributed by atoms with E-state index in [0.29, 0.717) is 23.0 Å². The van der Waals surface area contributed by atoms with Crippen molar-refractivity contribution in [1.82, 2.24) is 24.1 Å². The van der Waals surface area contributed by atoms with Gasteiger partial charge in [0.15, 0.2) is 17.5 Å². The third kappa shape index (κ3) is 6.75. The summed E-state index contributed by atoms with van der Waals surface area (Å²) in [5.74, 6) is 1.63. The Morgan fingerprint density at radius 3 is 1.30 bits per heavy atom. The SMILES string of the molecule is CC(C)(C)c1ccc2c(c1)c1ccccc1n2-c1cccc(C#N)c1-c1c(-c2nc(-c3ccccc3)nc(-c3ccccc3)n2)cccc1-n1c2ccccc2c2cc(C(C)(C)C)ccc21. The van der Waals surface area contributed by atoms with Gasteiger partial charge in [0.05, 0.1) is 45.1 Å². The fraction of sp³-hybridized carbons (Fsp3) is 0.133. The lowest BCUT2D eigenvalue weighted by atomic mass is 9.86. The molecule has 6 nitrogen and oxygen atoms in total. The van der Waals surface area contributed by atoms with Gasteiger partial charge < -0.3 is 9.13 Å². The Balaban J connectivity index is 1.30. The van der Waals surface area contributed by atoms with E-state index in [0.717, 1.165) is 82.8 Å². The molecule has 11 rings (SSSR count). The molecule has 3 heterocycles. The van der Waals surface area contributed by atoms with Crippen LogP contribution in [0.4, 0.5) is 0 Å². The smallest absolute Gasteiger partial charge is 0.164 e. The Morgan fingerprint density at radius 2 is 0.818 bits per heavy atom. The van der Waals surface area contributed by atoms with Crippen molar-refractivity contribution < 1.29 is 0 Å². The maximum atomic E-state index is 11.4. The third-order valence-electron chi connectivity index (χ3n) is 13.0. The topological polar surface area (TPSA) is 72.3 Å². The largest absolute Gasteiger partial charge is 0.309 e. The van der Waals surface area contributed by atoms with Crippen molar-refractivity contribution in [2.45, 2.75) is 52.4 Å². The lowest BCUT2D eigenvalue weighted by Crippen LogP contribution is -2.10. The number of fused-ring (bicyclic) bond motifs is 6. The molecule has 8 aromatic carbocycles. The summed E-state index contributed by atoms with van der Waals surface area (Å²) in [5, 5.41) is 16.0. The van der Waals surface area contributed by atoms with Crippen LogP contribution in [0.25, 0.3) is 100 Å². The highest BCUT2D eigenvalue weighted by atomic mass is 15.0. The monoisotopic (exact) mass is 852 g/mol. The second-order valence-corrected chi connectivity index (χ2v) is 19.2. The van der Waals surface area contributed by atoms with Gasteiger partial charge in [0.25, 0.3) is 0 Å². The predicted octanol–water partition coefficient (Wildman–Crippen LogP) is 15.2. The minimum atomic E-state index is -0.0509. The molecule has 0 saturated carbocycles. The van der Waals surface area contributed by atoms with Crippen LogP contribution in [-0.4, -0.2) is 24.1 Å². The summed E-state index contributed by atoms with van der Waals surface area (Å²) in [6.07, 6.45) is 0. The van der Waals surface area contributed by atoms with E-state index in [-0.39, 0.29) is 10.8 Å². The summed E-state index contributed by atoms with van der Waals surface area (Å²) < 4.78 is 4.71. The Bertz CT molecular complexity index is 3670. The van der Waals surface area contributed by atoms with Crippen molar-refractivity contribution in [1.29, 1.82) is 5.26 Å². The van der Waals surface area contributed by atoms with E-state index >= 15 is 0 Å². The Hall–Kier alpha value is -8.14. The van der Waals surface area contributed by atoms with Crippen LogP contribution in [0.1, 0.15) is 58.2 Å². The molecule has 0 fully saturated rings. The second kappa shape index (κ2) is 15.5. The molecule has 318 valence electrons. The number of nitriles is 1. The number of aromatic nitrogens is 5. The van der Waals surface area contributed by atoms with Gasteiger partial charge in [0.2, 0.25) is 0 Å². The van der Waals surface area contributed by atoms with Crippen molar-refractivity contribution in [2.24, 2.45) is 0 Å². The zero-order valence-corrected chi connectivity index (χ0v) is 38.0. The highest BCUT2D eigenvalue weighted by Gasteiger charge is 2.28. The van der Waals surface area contributed by atoms with Gasteiger partial charge in [-0.25, -0.2) is 15.0 Å². The molecule has 0 aliphatic carbocycles. The number of para-hydroxylation sites is 2. The van der Waals surface area contributed by atoms with Crippen molar-refractivity contribution in [3.63, 3.8) is 0 Å². The quantitative estimate of drug-likeness (QED) is 0.167. The molecule has 66 heavy (non-hydrogen) atoms. The van der Waals surface area contributed by atoms with E-state index in [1.165, 1.54) is 11.1 Å². The molecule has 0 N–H and O–H groups in total. The lowest BCUT2D eigenvalue weighted by molar-refractivity contribution is 0.591. The lowest BCUT2D eigenvalue weighted by Gasteiger charge is -2.23. The number of nitrogens with zero attached hydrogens (tertiary/aromatic N) is 6. The zero-order valence-electron chi connectivity index (χ0n) is 38.0. The van der Waals surface area contributed by atoms with Crippen molar-refractivity contribution in [2.75, 3.05) is 0 Å². The van der Waals surface area contributed by atoms with Gasteiger partial charge in [0, 0.05) is 49.4 Å². The van der Waals surface area contributed by atoms with Gasteiger partial charge >= 0.3 is 0 Å². The van der Waals surface area contributed by atoms with Crippen molar-refractivity contribution >= 4 is 43.6 Å². The standard InChI is InChI=1S/C60H48N6/c1-59(2,3)41-31-33-50-46(35-41)43-24-13-15-27-48(43)65(50)52-29-17-23-40(37-61)54(52)55-45(58-63-56(38-19-9-7-10-20-38)62-57(64-58)39-21-11-8-12-22-39)26-18-30-53(55)66-49-28-16-14-25-44(49)47-36-42(60(4,5)6)32-34-51(47)66/h7-36H,1-6H3. The molecule has 0 atom stereocenters. The zero-order chi connectivity index (χ0) is 45.3. The van der Waals surface area contributed by atoms with E-state index < -0.39 is 0 Å². The van der Waals surface area contributed by atoms with Crippen LogP contribution in [-0.2, 0) is 10.8 Å². The minimum Gasteiger partial charge on any atom is -0.309 e. The van der Waals surface area contributed by atoms with Gasteiger partial charge in [-0.15, -0.1) is 0 Å². The Morgan fingerprint density at radius 1 is 0.394 bits per heavy atom. The fourth-order valence-electron chi connectivity index (χ4n) is 9.58. The number of hydrogen-bond acceptors (Lipinski definition) is 4. The van der Waals surface area contributed by atoms with E-state index in [9.17, 15) is 5.26 Å².